The lowest BCUT2D eigenvalue weighted by Gasteiger charge is -2.39. The molecule has 0 saturated carbocycles. The summed E-state index contributed by atoms with van der Waals surface area (Å²) in [6.45, 7) is 14.7. The van der Waals surface area contributed by atoms with E-state index in [1.54, 1.807) is 32.6 Å². The summed E-state index contributed by atoms with van der Waals surface area (Å²) in [4.78, 5) is 37.4. The molecule has 1 saturated heterocycles. The molecule has 59 heavy (non-hydrogen) atoms. The second-order valence-electron chi connectivity index (χ2n) is 15.2. The van der Waals surface area contributed by atoms with Gasteiger partial charge < -0.3 is 28.0 Å². The van der Waals surface area contributed by atoms with Gasteiger partial charge in [-0.1, -0.05) is 75.4 Å². The average molecular weight is 828 g/mol. The van der Waals surface area contributed by atoms with Crippen LogP contribution in [-0.4, -0.2) is 81.8 Å². The van der Waals surface area contributed by atoms with Crippen molar-refractivity contribution in [3.8, 4) is 11.5 Å². The van der Waals surface area contributed by atoms with E-state index in [0.29, 0.717) is 18.1 Å². The first kappa shape index (κ1) is 43.9. The highest BCUT2D eigenvalue weighted by molar-refractivity contribution is 7.44. The van der Waals surface area contributed by atoms with Crippen molar-refractivity contribution in [2.75, 3.05) is 32.8 Å². The van der Waals surface area contributed by atoms with E-state index in [-0.39, 0.29) is 47.6 Å². The van der Waals surface area contributed by atoms with Crippen LogP contribution in [0.3, 0.4) is 0 Å². The second kappa shape index (κ2) is 19.6. The van der Waals surface area contributed by atoms with Crippen molar-refractivity contribution < 1.29 is 32.8 Å². The van der Waals surface area contributed by atoms with Crippen LogP contribution < -0.4 is 20.3 Å². The number of carbonyl (C=O) groups excluding carboxylic acids is 1. The molecular formula is C44H56N6O8P. The minimum atomic E-state index is -1.57. The van der Waals surface area contributed by atoms with Crippen LogP contribution in [0, 0.1) is 12.3 Å². The molecule has 0 spiro atoms. The quantitative estimate of drug-likeness (QED) is 0.0616. The Labute approximate surface area is 347 Å². The molecule has 1 aliphatic rings. The molecule has 15 heteroatoms. The number of methoxy groups -OCH3 is 2. The molecule has 3 heterocycles. The number of amides is 1. The van der Waals surface area contributed by atoms with Crippen LogP contribution in [-0.2, 0) is 28.9 Å². The van der Waals surface area contributed by atoms with Crippen molar-refractivity contribution in [2.45, 2.75) is 91.0 Å². The fraction of sp³-hybridized carbons (Fsp3) is 0.432. The molecule has 2 aromatic heterocycles. The van der Waals surface area contributed by atoms with Crippen LogP contribution >= 0.6 is 8.53 Å². The number of benzene rings is 3. The first-order valence-electron chi connectivity index (χ1n) is 20.0. The summed E-state index contributed by atoms with van der Waals surface area (Å²) in [5.41, 5.74) is 1.34. The van der Waals surface area contributed by atoms with Crippen molar-refractivity contribution in [2.24, 2.45) is 5.92 Å². The molecule has 1 aliphatic heterocycles. The summed E-state index contributed by atoms with van der Waals surface area (Å²) in [6.07, 6.45) is 2.13. The van der Waals surface area contributed by atoms with Crippen LogP contribution in [0.1, 0.15) is 77.8 Å². The summed E-state index contributed by atoms with van der Waals surface area (Å²) < 4.78 is 42.7. The third kappa shape index (κ3) is 9.70. The lowest BCUT2D eigenvalue weighted by atomic mass is 9.80. The van der Waals surface area contributed by atoms with Gasteiger partial charge >= 0.3 is 0 Å². The van der Waals surface area contributed by atoms with Gasteiger partial charge in [0.05, 0.1) is 33.8 Å². The fourth-order valence-corrected chi connectivity index (χ4v) is 8.91. The standard InChI is InChI=1S/C44H56N6O8P/c1-10-24-56-59(50(29(4)5)30(6)7)58-36-25-38(49-27-45-39-40(49)46-43(48-42(39)52)47-41(51)28(2)3)57-37(36)26-55-44(31-14-12-11-13-15-31,32-16-20-34(53-8)21-17-32)33-18-22-35(54-9)23-19-33/h11-23,25,27-30,36-38H,10,24,26H2,1-9H3,(H2,46,47,48,51,52)/t36-,37+,38+,59?/m0/s1. The van der Waals surface area contributed by atoms with Gasteiger partial charge in [-0.15, -0.1) is 0 Å². The number of nitrogens with one attached hydrogen (secondary N) is 2. The average Bonchev–Trinajstić information content (AvgIpc) is 3.84. The lowest BCUT2D eigenvalue weighted by molar-refractivity contribution is -0.118. The van der Waals surface area contributed by atoms with E-state index in [9.17, 15) is 9.59 Å². The fourth-order valence-electron chi connectivity index (χ4n) is 7.10. The van der Waals surface area contributed by atoms with Gasteiger partial charge in [-0.2, -0.15) is 4.98 Å². The van der Waals surface area contributed by atoms with Crippen molar-refractivity contribution in [3.63, 3.8) is 0 Å². The smallest absolute Gasteiger partial charge is 0.280 e. The number of fused-ring (bicyclic) bond motifs is 1. The van der Waals surface area contributed by atoms with E-state index >= 15 is 0 Å². The Morgan fingerprint density at radius 3 is 2.05 bits per heavy atom. The number of aromatic amines is 1. The number of H-pyrrole nitrogens is 1. The highest BCUT2D eigenvalue weighted by atomic mass is 31.2. The Morgan fingerprint density at radius 2 is 1.51 bits per heavy atom. The van der Waals surface area contributed by atoms with Gasteiger partial charge in [0.2, 0.25) is 11.9 Å². The summed E-state index contributed by atoms with van der Waals surface area (Å²) in [5.74, 6) is 0.821. The Morgan fingerprint density at radius 1 is 0.915 bits per heavy atom. The van der Waals surface area contributed by atoms with Gasteiger partial charge in [0.25, 0.3) is 14.1 Å². The molecule has 1 amide bonds. The minimum absolute atomic E-state index is 0.0150. The molecule has 0 bridgehead atoms. The number of hydrogen-bond acceptors (Lipinski definition) is 11. The van der Waals surface area contributed by atoms with Crippen LogP contribution in [0.2, 0.25) is 0 Å². The number of imidazole rings is 1. The SMILES string of the molecule is CCCOP(O[C@H]1[CH][C@H](n2cnc3c(=O)[nH]c(NC(=O)C(C)C)nc32)O[C@@H]1COC(c1ccccc1)(c1ccc(OC)cc1)c1ccc(OC)cc1)N(C(C)C)C(C)C. The number of nitrogens with zero attached hydrogens (tertiary/aromatic N) is 4. The molecule has 0 aliphatic carbocycles. The zero-order valence-corrected chi connectivity index (χ0v) is 36.1. The number of ether oxygens (including phenoxy) is 4. The van der Waals surface area contributed by atoms with Gasteiger partial charge in [0.1, 0.15) is 35.5 Å². The number of anilines is 1. The van der Waals surface area contributed by atoms with E-state index in [0.717, 1.165) is 23.1 Å². The summed E-state index contributed by atoms with van der Waals surface area (Å²) in [6, 6.07) is 26.0. The van der Waals surface area contributed by atoms with E-state index in [4.69, 9.17) is 28.0 Å². The zero-order valence-electron chi connectivity index (χ0n) is 35.2. The normalized spacial score (nSPS) is 17.7. The van der Waals surface area contributed by atoms with Crippen molar-refractivity contribution in [3.05, 3.63) is 119 Å². The van der Waals surface area contributed by atoms with Crippen LogP contribution in [0.4, 0.5) is 5.95 Å². The van der Waals surface area contributed by atoms with Gasteiger partial charge in [-0.25, -0.2) is 9.65 Å². The maximum atomic E-state index is 13.2. The Hall–Kier alpha value is -4.69. The predicted octanol–water partition coefficient (Wildman–Crippen LogP) is 8.00. The van der Waals surface area contributed by atoms with E-state index in [2.05, 4.69) is 59.6 Å². The molecule has 315 valence electrons. The van der Waals surface area contributed by atoms with E-state index in [1.165, 1.54) is 6.33 Å². The molecule has 3 aromatic carbocycles. The maximum absolute atomic E-state index is 13.2. The van der Waals surface area contributed by atoms with E-state index in [1.807, 2.05) is 85.3 Å². The van der Waals surface area contributed by atoms with Gasteiger partial charge in [0, 0.05) is 24.4 Å². The number of hydrogen-bond donors (Lipinski definition) is 2. The van der Waals surface area contributed by atoms with Crippen LogP contribution in [0.5, 0.6) is 11.5 Å². The molecule has 4 atom stereocenters. The molecule has 2 N–H and O–H groups in total. The molecule has 5 aromatic rings. The van der Waals surface area contributed by atoms with Gasteiger partial charge in [-0.05, 0) is 75.1 Å². The Balaban J connectivity index is 1.44. The highest BCUT2D eigenvalue weighted by Gasteiger charge is 2.45. The first-order valence-corrected chi connectivity index (χ1v) is 21.2. The van der Waals surface area contributed by atoms with Crippen molar-refractivity contribution in [1.29, 1.82) is 0 Å². The first-order chi connectivity index (χ1) is 28.4. The minimum Gasteiger partial charge on any atom is -0.497 e. The Bertz CT molecular complexity index is 2120. The van der Waals surface area contributed by atoms with Crippen LogP contribution in [0.15, 0.2) is 90.0 Å². The van der Waals surface area contributed by atoms with Gasteiger partial charge in [0.15, 0.2) is 11.2 Å². The lowest BCUT2D eigenvalue weighted by Crippen LogP contribution is -2.39. The molecular weight excluding hydrogens is 771 g/mol. The predicted molar refractivity (Wildman–Crippen MR) is 228 cm³/mol. The number of rotatable bonds is 19. The third-order valence-electron chi connectivity index (χ3n) is 10.0. The topological polar surface area (TPSA) is 151 Å². The third-order valence-corrected chi connectivity index (χ3v) is 12.1. The molecule has 1 fully saturated rings. The largest absolute Gasteiger partial charge is 0.497 e. The Kier molecular flexibility index (Phi) is 14.6. The van der Waals surface area contributed by atoms with Crippen LogP contribution in [0.25, 0.3) is 11.2 Å². The molecule has 1 unspecified atom stereocenters. The monoisotopic (exact) mass is 827 g/mol. The number of aromatic nitrogens is 4. The van der Waals surface area contributed by atoms with Crippen molar-refractivity contribution in [1.82, 2.24) is 24.2 Å². The summed E-state index contributed by atoms with van der Waals surface area (Å²) >= 11 is 0. The second-order valence-corrected chi connectivity index (χ2v) is 16.6. The number of carbonyl (C=O) groups is 1. The summed E-state index contributed by atoms with van der Waals surface area (Å²) in [5, 5.41) is 2.70. The zero-order chi connectivity index (χ0) is 42.3. The molecule has 6 rings (SSSR count). The molecule has 14 nitrogen and oxygen atoms in total. The van der Waals surface area contributed by atoms with Crippen molar-refractivity contribution >= 4 is 31.5 Å². The molecule has 1 radical (unpaired) electrons. The summed E-state index contributed by atoms with van der Waals surface area (Å²) in [7, 11) is 1.71. The van der Waals surface area contributed by atoms with E-state index < -0.39 is 38.1 Å². The van der Waals surface area contributed by atoms with Gasteiger partial charge in [-0.3, -0.25) is 24.5 Å². The highest BCUT2D eigenvalue weighted by Crippen LogP contribution is 2.50. The maximum Gasteiger partial charge on any atom is 0.280 e.